The Balaban J connectivity index is -0.0000000860. The molecule has 0 aliphatic heterocycles. The average molecular weight is 214 g/mol. The second-order valence-electron chi connectivity index (χ2n) is 1.81. The molecule has 0 heterocycles. The number of allylic oxidation sites excluding steroid dienone is 2. The molecule has 0 aromatic carbocycles. The first-order valence-electron chi connectivity index (χ1n) is 5.79. The van der Waals surface area contributed by atoms with Crippen LogP contribution in [0.3, 0.4) is 0 Å². The molecule has 0 atom stereocenters. The van der Waals surface area contributed by atoms with Crippen LogP contribution in [0.15, 0.2) is 21.8 Å². The van der Waals surface area contributed by atoms with E-state index in [-0.39, 0.29) is 0 Å². The van der Waals surface area contributed by atoms with Gasteiger partial charge in [0.05, 0.1) is 0 Å². The minimum atomic E-state index is 0.901. The molecule has 0 bridgehead atoms. The predicted molar refractivity (Wildman–Crippen MR) is 76.4 cm³/mol. The van der Waals surface area contributed by atoms with E-state index in [0.29, 0.717) is 0 Å². The van der Waals surface area contributed by atoms with Gasteiger partial charge in [0.25, 0.3) is 0 Å². The molecule has 0 N–H and O–H groups in total. The molecule has 2 nitrogen and oxygen atoms in total. The van der Waals surface area contributed by atoms with Gasteiger partial charge in [-0.25, -0.2) is 0 Å². The monoisotopic (exact) mass is 214 g/mol. The predicted octanol–water partition coefficient (Wildman–Crippen LogP) is 4.76. The van der Waals surface area contributed by atoms with Gasteiger partial charge in [0.2, 0.25) is 0 Å². The maximum absolute atomic E-state index is 3.93. The molecule has 0 spiro atoms. The first-order chi connectivity index (χ1) is 7.20. The quantitative estimate of drug-likeness (QED) is 0.592. The van der Waals surface area contributed by atoms with E-state index < -0.39 is 0 Å². The number of aliphatic imine (C=N–C) groups is 2. The van der Waals surface area contributed by atoms with Crippen LogP contribution < -0.4 is 0 Å². The van der Waals surface area contributed by atoms with Gasteiger partial charge in [-0.15, -0.1) is 0 Å². The smallest absolute Gasteiger partial charge is 0.0383 e. The minimum absolute atomic E-state index is 0.901. The molecule has 92 valence electrons. The highest BCUT2D eigenvalue weighted by Crippen LogP contribution is 1.92. The summed E-state index contributed by atoms with van der Waals surface area (Å²) in [5, 5.41) is 0. The highest BCUT2D eigenvalue weighted by Gasteiger charge is 1.82. The van der Waals surface area contributed by atoms with Crippen molar-refractivity contribution < 1.29 is 0 Å². The molecule has 0 unspecified atom stereocenters. The average Bonchev–Trinajstić information content (AvgIpc) is 2.36. The summed E-state index contributed by atoms with van der Waals surface area (Å²) in [6, 6.07) is 0. The Labute approximate surface area is 97.2 Å². The highest BCUT2D eigenvalue weighted by atomic mass is 14.7. The normalized spacial score (nSPS) is 9.40. The summed E-state index contributed by atoms with van der Waals surface area (Å²) in [6.07, 6.45) is 1.88. The second kappa shape index (κ2) is 29.2. The van der Waals surface area contributed by atoms with Crippen molar-refractivity contribution in [1.82, 2.24) is 0 Å². The van der Waals surface area contributed by atoms with Crippen LogP contribution in [-0.2, 0) is 0 Å². The maximum Gasteiger partial charge on any atom is 0.0383 e. The lowest BCUT2D eigenvalue weighted by atomic mass is 10.3. The maximum atomic E-state index is 3.93. The minimum Gasteiger partial charge on any atom is -0.293 e. The zero-order valence-corrected chi connectivity index (χ0v) is 12.2. The first kappa shape index (κ1) is 23.7. The summed E-state index contributed by atoms with van der Waals surface area (Å²) < 4.78 is 0. The molecule has 0 saturated heterocycles. The summed E-state index contributed by atoms with van der Waals surface area (Å²) in [5.41, 5.74) is 1.87. The SMILES string of the molecule is C=N/C(C)=C\C(C)=NC.CC.CC.CC. The fourth-order valence-corrected chi connectivity index (χ4v) is 0.412. The largest absolute Gasteiger partial charge is 0.293 e. The lowest BCUT2D eigenvalue weighted by Gasteiger charge is -1.88. The van der Waals surface area contributed by atoms with Crippen LogP contribution in [0.25, 0.3) is 0 Å². The van der Waals surface area contributed by atoms with E-state index in [2.05, 4.69) is 16.7 Å². The van der Waals surface area contributed by atoms with Crippen LogP contribution in [0.5, 0.6) is 0 Å². The Bertz CT molecular complexity index is 156. The number of nitrogens with zero attached hydrogens (tertiary/aromatic N) is 2. The zero-order chi connectivity index (χ0) is 13.3. The second-order valence-corrected chi connectivity index (χ2v) is 1.81. The third kappa shape index (κ3) is 32.0. The first-order valence-corrected chi connectivity index (χ1v) is 5.79. The van der Waals surface area contributed by atoms with Crippen molar-refractivity contribution in [2.75, 3.05) is 7.05 Å². The molecule has 0 fully saturated rings. The van der Waals surface area contributed by atoms with E-state index in [1.807, 2.05) is 61.5 Å². The Kier molecular flexibility index (Phi) is 46.2. The van der Waals surface area contributed by atoms with E-state index in [9.17, 15) is 0 Å². The fourth-order valence-electron chi connectivity index (χ4n) is 0.412. The molecule has 0 amide bonds. The van der Waals surface area contributed by atoms with E-state index in [0.717, 1.165) is 11.4 Å². The molecule has 2 heteroatoms. The van der Waals surface area contributed by atoms with Gasteiger partial charge in [-0.05, 0) is 26.6 Å². The van der Waals surface area contributed by atoms with E-state index in [4.69, 9.17) is 0 Å². The Hall–Kier alpha value is -0.920. The summed E-state index contributed by atoms with van der Waals surface area (Å²) in [7, 11) is 1.75. The van der Waals surface area contributed by atoms with Crippen molar-refractivity contribution in [1.29, 1.82) is 0 Å². The van der Waals surface area contributed by atoms with Crippen molar-refractivity contribution in [3.8, 4) is 0 Å². The highest BCUT2D eigenvalue weighted by molar-refractivity contribution is 5.93. The van der Waals surface area contributed by atoms with Crippen LogP contribution in [0, 0.1) is 0 Å². The lowest BCUT2D eigenvalue weighted by Crippen LogP contribution is -1.83. The molecule has 0 saturated carbocycles. The van der Waals surface area contributed by atoms with Crippen LogP contribution in [-0.4, -0.2) is 19.5 Å². The van der Waals surface area contributed by atoms with E-state index in [1.54, 1.807) is 7.05 Å². The van der Waals surface area contributed by atoms with E-state index in [1.165, 1.54) is 0 Å². The van der Waals surface area contributed by atoms with Gasteiger partial charge in [-0.3, -0.25) is 9.98 Å². The zero-order valence-electron chi connectivity index (χ0n) is 12.2. The number of hydrogen-bond donors (Lipinski definition) is 0. The van der Waals surface area contributed by atoms with Crippen LogP contribution in [0.2, 0.25) is 0 Å². The van der Waals surface area contributed by atoms with Crippen molar-refractivity contribution in [3.05, 3.63) is 11.8 Å². The van der Waals surface area contributed by atoms with Gasteiger partial charge < -0.3 is 0 Å². The van der Waals surface area contributed by atoms with E-state index >= 15 is 0 Å². The molecule has 15 heavy (non-hydrogen) atoms. The van der Waals surface area contributed by atoms with Crippen LogP contribution in [0.1, 0.15) is 55.4 Å². The summed E-state index contributed by atoms with van der Waals surface area (Å²) >= 11 is 0. The van der Waals surface area contributed by atoms with Crippen molar-refractivity contribution in [3.63, 3.8) is 0 Å². The molecule has 0 rings (SSSR count). The molecule has 0 aromatic rings. The Morgan fingerprint density at radius 2 is 1.27 bits per heavy atom. The third-order valence-corrected chi connectivity index (χ3v) is 1.02. The molecule has 0 aromatic heterocycles. The Morgan fingerprint density at radius 3 is 1.47 bits per heavy atom. The van der Waals surface area contributed by atoms with Crippen LogP contribution in [0.4, 0.5) is 0 Å². The van der Waals surface area contributed by atoms with Gasteiger partial charge >= 0.3 is 0 Å². The fraction of sp³-hybridized carbons (Fsp3) is 0.692. The van der Waals surface area contributed by atoms with Gasteiger partial charge in [0.1, 0.15) is 0 Å². The molecule has 0 radical (unpaired) electrons. The van der Waals surface area contributed by atoms with Crippen molar-refractivity contribution in [2.24, 2.45) is 9.98 Å². The Morgan fingerprint density at radius 1 is 0.933 bits per heavy atom. The molecular formula is C13H30N2. The summed E-state index contributed by atoms with van der Waals surface area (Å²) in [4.78, 5) is 7.64. The van der Waals surface area contributed by atoms with Gasteiger partial charge in [0.15, 0.2) is 0 Å². The molecule has 0 aliphatic carbocycles. The lowest BCUT2D eigenvalue weighted by molar-refractivity contribution is 1.32. The van der Waals surface area contributed by atoms with Gasteiger partial charge in [0, 0.05) is 18.5 Å². The van der Waals surface area contributed by atoms with Crippen molar-refractivity contribution in [2.45, 2.75) is 55.4 Å². The third-order valence-electron chi connectivity index (χ3n) is 1.02. The molecular weight excluding hydrogens is 184 g/mol. The van der Waals surface area contributed by atoms with Crippen molar-refractivity contribution >= 4 is 12.4 Å². The van der Waals surface area contributed by atoms with Gasteiger partial charge in [-0.2, -0.15) is 0 Å². The summed E-state index contributed by atoms with van der Waals surface area (Å²) in [6.45, 7) is 19.2. The van der Waals surface area contributed by atoms with Gasteiger partial charge in [-0.1, -0.05) is 41.5 Å². The number of hydrogen-bond acceptors (Lipinski definition) is 2. The van der Waals surface area contributed by atoms with Crippen LogP contribution >= 0.6 is 0 Å². The molecule has 0 aliphatic rings. The number of rotatable bonds is 2. The standard InChI is InChI=1S/C7H12N2.3C2H6/c1-6(8-3)5-7(2)9-4;3*1-2/h5H,3H2,1-2,4H3;3*1-2H3/b6-5-,9-7?;;;. The topological polar surface area (TPSA) is 24.7 Å². The summed E-state index contributed by atoms with van der Waals surface area (Å²) in [5.74, 6) is 0.